The fraction of sp³-hybridized carbons (Fsp3) is 0.320. The van der Waals surface area contributed by atoms with Crippen molar-refractivity contribution in [1.82, 2.24) is 5.06 Å². The van der Waals surface area contributed by atoms with Crippen molar-refractivity contribution in [3.05, 3.63) is 51.4 Å². The minimum absolute atomic E-state index is 0.0595. The molecule has 0 radical (unpaired) electrons. The van der Waals surface area contributed by atoms with Crippen molar-refractivity contribution < 1.29 is 37.6 Å². The molecule has 0 saturated carbocycles. The van der Waals surface area contributed by atoms with E-state index in [-0.39, 0.29) is 30.6 Å². The number of thiophene rings is 1. The number of hydrogen-bond donors (Lipinski definition) is 0. The topological polar surface area (TPSA) is 120 Å². The molecule has 2 aromatic heterocycles. The van der Waals surface area contributed by atoms with Gasteiger partial charge in [-0.3, -0.25) is 14.4 Å². The van der Waals surface area contributed by atoms with Crippen molar-refractivity contribution in [1.29, 1.82) is 0 Å². The van der Waals surface area contributed by atoms with E-state index in [4.69, 9.17) is 14.0 Å². The molecule has 9 nitrogen and oxygen atoms in total. The summed E-state index contributed by atoms with van der Waals surface area (Å²) in [6, 6.07) is 7.55. The van der Waals surface area contributed by atoms with E-state index < -0.39 is 35.2 Å². The average molecular weight is 516 g/mol. The number of carbonyl (C=O) groups excluding carboxylic acids is 4. The number of imide groups is 1. The summed E-state index contributed by atoms with van der Waals surface area (Å²) in [5, 5.41) is 0.906. The fourth-order valence-electron chi connectivity index (χ4n) is 3.73. The molecule has 4 rings (SSSR count). The Hall–Kier alpha value is -3.86. The van der Waals surface area contributed by atoms with Crippen LogP contribution in [0.25, 0.3) is 21.4 Å². The fourth-order valence-corrected chi connectivity index (χ4v) is 4.79. The van der Waals surface area contributed by atoms with Gasteiger partial charge in [-0.2, -0.15) is 0 Å². The number of hydroxylamine groups is 2. The maximum Gasteiger partial charge on any atom is 0.345 e. The number of aryl methyl sites for hydroxylation is 1. The van der Waals surface area contributed by atoms with E-state index in [1.54, 1.807) is 12.1 Å². The largest absolute Gasteiger partial charge is 0.423 e. The van der Waals surface area contributed by atoms with E-state index in [1.165, 1.54) is 17.4 Å². The molecule has 3 aromatic rings. The lowest BCUT2D eigenvalue weighted by Crippen LogP contribution is -2.31. The van der Waals surface area contributed by atoms with Gasteiger partial charge in [-0.25, -0.2) is 14.0 Å². The number of unbranched alkanes of at least 4 members (excludes halogenated alkanes) is 2. The summed E-state index contributed by atoms with van der Waals surface area (Å²) in [6.07, 6.45) is 3.00. The van der Waals surface area contributed by atoms with Crippen molar-refractivity contribution in [3.63, 3.8) is 0 Å². The molecule has 0 bridgehead atoms. The van der Waals surface area contributed by atoms with Crippen LogP contribution in [0, 0.1) is 5.82 Å². The molecule has 11 heteroatoms. The number of rotatable bonds is 9. The van der Waals surface area contributed by atoms with Gasteiger partial charge in [-0.1, -0.05) is 6.42 Å². The standard InChI is InChI=1S/C25H22FNO8S/c1-14(28)33-20-13-19-15(12-18(20)26)11-17(25(32)34-19)21-8-7-16(36-21)5-3-2-4-6-24(31)35-27-22(29)9-10-23(27)30/h7-8,11-13H,2-6,9-10H2,1H3. The van der Waals surface area contributed by atoms with Crippen molar-refractivity contribution in [2.75, 3.05) is 0 Å². The molecule has 3 heterocycles. The van der Waals surface area contributed by atoms with Crippen LogP contribution in [0.2, 0.25) is 0 Å². The van der Waals surface area contributed by atoms with Crippen LogP contribution in [0.3, 0.4) is 0 Å². The van der Waals surface area contributed by atoms with Crippen LogP contribution in [0.15, 0.2) is 39.5 Å². The average Bonchev–Trinajstić information content (AvgIpc) is 3.41. The molecule has 1 aliphatic heterocycles. The zero-order chi connectivity index (χ0) is 25.8. The van der Waals surface area contributed by atoms with Crippen molar-refractivity contribution in [3.8, 4) is 16.2 Å². The number of halogens is 1. The number of benzene rings is 1. The Morgan fingerprint density at radius 2 is 1.81 bits per heavy atom. The second-order valence-corrected chi connectivity index (χ2v) is 9.40. The molecule has 1 fully saturated rings. The quantitative estimate of drug-likeness (QED) is 0.136. The van der Waals surface area contributed by atoms with Gasteiger partial charge < -0.3 is 14.0 Å². The van der Waals surface area contributed by atoms with Crippen LogP contribution in [-0.4, -0.2) is 28.8 Å². The third kappa shape index (κ3) is 5.85. The normalized spacial score (nSPS) is 13.4. The molecule has 1 aromatic carbocycles. The molecular weight excluding hydrogens is 493 g/mol. The third-order valence-corrected chi connectivity index (χ3v) is 6.65. The predicted octanol–water partition coefficient (Wildman–Crippen LogP) is 4.30. The predicted molar refractivity (Wildman–Crippen MR) is 126 cm³/mol. The van der Waals surface area contributed by atoms with E-state index in [9.17, 15) is 28.4 Å². The lowest BCUT2D eigenvalue weighted by atomic mass is 10.1. The van der Waals surface area contributed by atoms with Gasteiger partial charge in [0, 0.05) is 47.4 Å². The first-order valence-corrected chi connectivity index (χ1v) is 12.1. The smallest absolute Gasteiger partial charge is 0.345 e. The monoisotopic (exact) mass is 515 g/mol. The molecule has 0 unspecified atom stereocenters. The molecular formula is C25H22FNO8S. The first-order valence-electron chi connectivity index (χ1n) is 11.3. The molecule has 1 saturated heterocycles. The summed E-state index contributed by atoms with van der Waals surface area (Å²) in [4.78, 5) is 65.0. The maximum atomic E-state index is 14.3. The summed E-state index contributed by atoms with van der Waals surface area (Å²) in [7, 11) is 0. The van der Waals surface area contributed by atoms with E-state index in [0.717, 1.165) is 37.1 Å². The van der Waals surface area contributed by atoms with Crippen LogP contribution in [-0.2, 0) is 30.4 Å². The highest BCUT2D eigenvalue weighted by molar-refractivity contribution is 7.15. The minimum Gasteiger partial charge on any atom is -0.423 e. The van der Waals surface area contributed by atoms with Gasteiger partial charge in [-0.15, -0.1) is 16.4 Å². The third-order valence-electron chi connectivity index (χ3n) is 5.47. The van der Waals surface area contributed by atoms with Gasteiger partial charge in [0.05, 0.1) is 5.56 Å². The zero-order valence-electron chi connectivity index (χ0n) is 19.3. The van der Waals surface area contributed by atoms with E-state index in [1.807, 2.05) is 6.07 Å². The summed E-state index contributed by atoms with van der Waals surface area (Å²) < 4.78 is 24.4. The molecule has 2 amide bonds. The lowest BCUT2D eigenvalue weighted by Gasteiger charge is -2.12. The van der Waals surface area contributed by atoms with Crippen LogP contribution in [0.5, 0.6) is 5.75 Å². The highest BCUT2D eigenvalue weighted by Gasteiger charge is 2.32. The summed E-state index contributed by atoms with van der Waals surface area (Å²) in [6.45, 7) is 1.15. The van der Waals surface area contributed by atoms with Gasteiger partial charge >= 0.3 is 17.6 Å². The minimum atomic E-state index is -0.744. The second kappa shape index (κ2) is 10.8. The van der Waals surface area contributed by atoms with Gasteiger partial charge in [0.1, 0.15) is 5.58 Å². The summed E-state index contributed by atoms with van der Waals surface area (Å²) >= 11 is 1.41. The number of esters is 1. The molecule has 188 valence electrons. The van der Waals surface area contributed by atoms with Crippen molar-refractivity contribution >= 4 is 46.1 Å². The van der Waals surface area contributed by atoms with Crippen LogP contribution in [0.4, 0.5) is 4.39 Å². The van der Waals surface area contributed by atoms with E-state index >= 15 is 0 Å². The Morgan fingerprint density at radius 1 is 1.06 bits per heavy atom. The number of nitrogens with zero attached hydrogens (tertiary/aromatic N) is 1. The summed E-state index contributed by atoms with van der Waals surface area (Å²) in [5.41, 5.74) is -0.188. The van der Waals surface area contributed by atoms with E-state index in [2.05, 4.69) is 0 Å². The first kappa shape index (κ1) is 25.2. The Morgan fingerprint density at radius 3 is 2.53 bits per heavy atom. The Balaban J connectivity index is 1.31. The number of fused-ring (bicyclic) bond motifs is 1. The van der Waals surface area contributed by atoms with Crippen molar-refractivity contribution in [2.24, 2.45) is 0 Å². The lowest BCUT2D eigenvalue weighted by molar-refractivity contribution is -0.197. The van der Waals surface area contributed by atoms with Gasteiger partial charge in [0.2, 0.25) is 0 Å². The van der Waals surface area contributed by atoms with Crippen LogP contribution >= 0.6 is 11.3 Å². The number of hydrogen-bond acceptors (Lipinski definition) is 9. The Kier molecular flexibility index (Phi) is 7.58. The zero-order valence-corrected chi connectivity index (χ0v) is 20.2. The van der Waals surface area contributed by atoms with Crippen LogP contribution in [0.1, 0.15) is 50.3 Å². The molecule has 0 atom stereocenters. The Bertz CT molecular complexity index is 1390. The highest BCUT2D eigenvalue weighted by Crippen LogP contribution is 2.31. The van der Waals surface area contributed by atoms with Crippen molar-refractivity contribution in [2.45, 2.75) is 51.9 Å². The second-order valence-electron chi connectivity index (χ2n) is 8.23. The van der Waals surface area contributed by atoms with Gasteiger partial charge in [-0.05, 0) is 43.5 Å². The SMILES string of the molecule is CC(=O)Oc1cc2oc(=O)c(-c3ccc(CCCCCC(=O)ON4C(=O)CCC4=O)s3)cc2cc1F. The summed E-state index contributed by atoms with van der Waals surface area (Å²) in [5.74, 6) is -3.36. The molecule has 36 heavy (non-hydrogen) atoms. The van der Waals surface area contributed by atoms with Gasteiger partial charge in [0.15, 0.2) is 11.6 Å². The highest BCUT2D eigenvalue weighted by atomic mass is 32.1. The van der Waals surface area contributed by atoms with Gasteiger partial charge in [0.25, 0.3) is 11.8 Å². The number of carbonyl (C=O) groups is 4. The number of ether oxygens (including phenoxy) is 1. The van der Waals surface area contributed by atoms with E-state index in [0.29, 0.717) is 27.3 Å². The maximum absolute atomic E-state index is 14.3. The molecule has 1 aliphatic rings. The molecule has 0 aliphatic carbocycles. The molecule has 0 N–H and O–H groups in total. The number of amides is 2. The molecule has 0 spiro atoms. The van der Waals surface area contributed by atoms with Crippen LogP contribution < -0.4 is 10.4 Å². The first-order chi connectivity index (χ1) is 17.2. The Labute approximate surface area is 208 Å².